The molecule has 102 valence electrons. The number of fused-ring (bicyclic) bond motifs is 2. The molecule has 6 heteroatoms. The standard InChI is InChI=1S/C13H16N2O3S/c16-13(11-2-1-5-14-8-11)15-19(17,18)12-7-9-3-4-10(12)6-9/h1-2,5,8-10,12H,3-4,6-7H2,(H,15,16)/t9-,10+,12?/m1/s1. The van der Waals surface area contributed by atoms with Crippen LogP contribution in [0.1, 0.15) is 36.0 Å². The van der Waals surface area contributed by atoms with Gasteiger partial charge in [0.05, 0.1) is 10.8 Å². The molecule has 0 aromatic carbocycles. The fraction of sp³-hybridized carbons (Fsp3) is 0.538. The molecule has 1 aromatic heterocycles. The summed E-state index contributed by atoms with van der Waals surface area (Å²) in [6.07, 6.45) is 6.70. The zero-order valence-corrected chi connectivity index (χ0v) is 11.3. The molecule has 3 atom stereocenters. The molecule has 1 unspecified atom stereocenters. The summed E-state index contributed by atoms with van der Waals surface area (Å²) in [4.78, 5) is 15.7. The molecule has 0 spiro atoms. The number of hydrogen-bond donors (Lipinski definition) is 1. The molecule has 5 nitrogen and oxygen atoms in total. The van der Waals surface area contributed by atoms with E-state index in [1.54, 1.807) is 18.3 Å². The first-order valence-corrected chi connectivity index (χ1v) is 8.07. The lowest BCUT2D eigenvalue weighted by molar-refractivity contribution is 0.0980. The van der Waals surface area contributed by atoms with E-state index < -0.39 is 21.2 Å². The molecule has 2 aliphatic rings. The van der Waals surface area contributed by atoms with Crippen LogP contribution in [0.2, 0.25) is 0 Å². The van der Waals surface area contributed by atoms with E-state index in [1.807, 2.05) is 0 Å². The zero-order chi connectivity index (χ0) is 13.5. The number of carbonyl (C=O) groups is 1. The average Bonchev–Trinajstić information content (AvgIpc) is 3.02. The molecule has 2 fully saturated rings. The van der Waals surface area contributed by atoms with Crippen LogP contribution in [0.15, 0.2) is 24.5 Å². The summed E-state index contributed by atoms with van der Waals surface area (Å²) in [5.74, 6) is 0.167. The van der Waals surface area contributed by atoms with Gasteiger partial charge in [-0.15, -0.1) is 0 Å². The fourth-order valence-electron chi connectivity index (χ4n) is 3.33. The Balaban J connectivity index is 1.74. The van der Waals surface area contributed by atoms with Gasteiger partial charge < -0.3 is 0 Å². The summed E-state index contributed by atoms with van der Waals surface area (Å²) < 4.78 is 26.7. The summed E-state index contributed by atoms with van der Waals surface area (Å²) in [6.45, 7) is 0. The first-order chi connectivity index (χ1) is 9.06. The van der Waals surface area contributed by atoms with Gasteiger partial charge in [0, 0.05) is 12.4 Å². The van der Waals surface area contributed by atoms with E-state index in [0.717, 1.165) is 19.3 Å². The summed E-state index contributed by atoms with van der Waals surface area (Å²) >= 11 is 0. The lowest BCUT2D eigenvalue weighted by Crippen LogP contribution is -2.40. The zero-order valence-electron chi connectivity index (χ0n) is 10.5. The summed E-state index contributed by atoms with van der Waals surface area (Å²) in [6, 6.07) is 3.16. The lowest BCUT2D eigenvalue weighted by atomic mass is 10.0. The molecule has 1 heterocycles. The number of sulfonamides is 1. The van der Waals surface area contributed by atoms with Gasteiger partial charge in [0.25, 0.3) is 5.91 Å². The molecule has 2 saturated carbocycles. The van der Waals surface area contributed by atoms with E-state index in [2.05, 4.69) is 9.71 Å². The van der Waals surface area contributed by atoms with Crippen molar-refractivity contribution in [3.8, 4) is 0 Å². The van der Waals surface area contributed by atoms with E-state index >= 15 is 0 Å². The highest BCUT2D eigenvalue weighted by molar-refractivity contribution is 7.90. The second-order valence-electron chi connectivity index (χ2n) is 5.43. The highest BCUT2D eigenvalue weighted by Gasteiger charge is 2.46. The number of pyridine rings is 1. The molecule has 19 heavy (non-hydrogen) atoms. The van der Waals surface area contributed by atoms with Crippen molar-refractivity contribution < 1.29 is 13.2 Å². The van der Waals surface area contributed by atoms with Crippen molar-refractivity contribution in [3.63, 3.8) is 0 Å². The third-order valence-electron chi connectivity index (χ3n) is 4.23. The van der Waals surface area contributed by atoms with Gasteiger partial charge in [-0.05, 0) is 43.2 Å². The summed E-state index contributed by atoms with van der Waals surface area (Å²) in [5, 5.41) is -0.396. The van der Waals surface area contributed by atoms with Gasteiger partial charge in [-0.2, -0.15) is 0 Å². The Kier molecular flexibility index (Phi) is 3.05. The molecule has 3 rings (SSSR count). The van der Waals surface area contributed by atoms with Crippen molar-refractivity contribution in [1.82, 2.24) is 9.71 Å². The number of carbonyl (C=O) groups excluding carboxylic acids is 1. The second kappa shape index (κ2) is 4.59. The minimum absolute atomic E-state index is 0.226. The van der Waals surface area contributed by atoms with E-state index in [9.17, 15) is 13.2 Å². The number of nitrogens with one attached hydrogen (secondary N) is 1. The molecule has 0 aliphatic heterocycles. The number of nitrogens with zero attached hydrogens (tertiary/aromatic N) is 1. The Hall–Kier alpha value is -1.43. The maximum atomic E-state index is 12.3. The summed E-state index contributed by atoms with van der Waals surface area (Å²) in [5.41, 5.74) is 0.272. The molecule has 0 saturated heterocycles. The van der Waals surface area contributed by atoms with Gasteiger partial charge in [-0.25, -0.2) is 13.1 Å². The predicted octanol–water partition coefficient (Wildman–Crippen LogP) is 1.33. The van der Waals surface area contributed by atoms with Crippen molar-refractivity contribution in [3.05, 3.63) is 30.1 Å². The van der Waals surface area contributed by atoms with Crippen molar-refractivity contribution in [2.24, 2.45) is 11.8 Å². The van der Waals surface area contributed by atoms with E-state index in [0.29, 0.717) is 12.3 Å². The van der Waals surface area contributed by atoms with Crippen LogP contribution in [-0.4, -0.2) is 24.6 Å². The quantitative estimate of drug-likeness (QED) is 0.906. The van der Waals surface area contributed by atoms with Crippen LogP contribution in [-0.2, 0) is 10.0 Å². The van der Waals surface area contributed by atoms with Crippen LogP contribution < -0.4 is 4.72 Å². The van der Waals surface area contributed by atoms with Crippen LogP contribution in [0.3, 0.4) is 0 Å². The second-order valence-corrected chi connectivity index (χ2v) is 7.33. The third-order valence-corrected chi connectivity index (χ3v) is 6.07. The Bertz CT molecular complexity index is 585. The van der Waals surface area contributed by atoms with Crippen LogP contribution >= 0.6 is 0 Å². The number of amides is 1. The third kappa shape index (κ3) is 2.36. The molecule has 1 aromatic rings. The van der Waals surface area contributed by atoms with Crippen molar-refractivity contribution in [2.75, 3.05) is 0 Å². The fourth-order valence-corrected chi connectivity index (χ4v) is 5.13. The van der Waals surface area contributed by atoms with E-state index in [4.69, 9.17) is 0 Å². The van der Waals surface area contributed by atoms with Crippen molar-refractivity contribution in [1.29, 1.82) is 0 Å². The smallest absolute Gasteiger partial charge is 0.266 e. The van der Waals surface area contributed by atoms with Crippen molar-refractivity contribution in [2.45, 2.75) is 30.9 Å². The minimum atomic E-state index is -3.57. The van der Waals surface area contributed by atoms with Gasteiger partial charge in [-0.1, -0.05) is 6.42 Å². The highest BCUT2D eigenvalue weighted by atomic mass is 32.2. The van der Waals surface area contributed by atoms with Gasteiger partial charge in [0.15, 0.2) is 0 Å². The van der Waals surface area contributed by atoms with Crippen LogP contribution in [0.4, 0.5) is 0 Å². The monoisotopic (exact) mass is 280 g/mol. The number of hydrogen-bond acceptors (Lipinski definition) is 4. The Morgan fingerprint density at radius 2 is 2.16 bits per heavy atom. The van der Waals surface area contributed by atoms with Gasteiger partial charge >= 0.3 is 0 Å². The molecule has 2 bridgehead atoms. The Morgan fingerprint density at radius 3 is 2.74 bits per heavy atom. The molecule has 1 amide bonds. The molecular weight excluding hydrogens is 264 g/mol. The highest BCUT2D eigenvalue weighted by Crippen LogP contribution is 2.47. The van der Waals surface area contributed by atoms with E-state index in [1.165, 1.54) is 6.20 Å². The van der Waals surface area contributed by atoms with Crippen LogP contribution in [0, 0.1) is 11.8 Å². The number of aromatic nitrogens is 1. The van der Waals surface area contributed by atoms with Crippen LogP contribution in [0.5, 0.6) is 0 Å². The predicted molar refractivity (Wildman–Crippen MR) is 69.9 cm³/mol. The van der Waals surface area contributed by atoms with Crippen molar-refractivity contribution >= 4 is 15.9 Å². The average molecular weight is 280 g/mol. The maximum absolute atomic E-state index is 12.3. The first kappa shape index (κ1) is 12.6. The van der Waals surface area contributed by atoms with Gasteiger partial charge in [0.2, 0.25) is 10.0 Å². The molecule has 0 radical (unpaired) electrons. The maximum Gasteiger partial charge on any atom is 0.266 e. The number of rotatable bonds is 3. The SMILES string of the molecule is O=C(NS(=O)(=O)C1C[C@@H]2CC[C@H]1C2)c1cccnc1. The normalized spacial score (nSPS) is 29.4. The lowest BCUT2D eigenvalue weighted by Gasteiger charge is -2.21. The Morgan fingerprint density at radius 1 is 1.32 bits per heavy atom. The Labute approximate surface area is 112 Å². The summed E-state index contributed by atoms with van der Waals surface area (Å²) in [7, 11) is -3.57. The van der Waals surface area contributed by atoms with Gasteiger partial charge in [0.1, 0.15) is 0 Å². The minimum Gasteiger partial charge on any atom is -0.268 e. The topological polar surface area (TPSA) is 76.1 Å². The molecule has 1 N–H and O–H groups in total. The molecular formula is C13H16N2O3S. The first-order valence-electron chi connectivity index (χ1n) is 6.52. The molecule has 2 aliphatic carbocycles. The largest absolute Gasteiger partial charge is 0.268 e. The van der Waals surface area contributed by atoms with Crippen LogP contribution in [0.25, 0.3) is 0 Å². The van der Waals surface area contributed by atoms with E-state index in [-0.39, 0.29) is 11.5 Å². The van der Waals surface area contributed by atoms with Gasteiger partial charge in [-0.3, -0.25) is 9.78 Å².